The van der Waals surface area contributed by atoms with Gasteiger partial charge < -0.3 is 4.74 Å². The number of rotatable bonds is 8. The van der Waals surface area contributed by atoms with Crippen LogP contribution in [-0.4, -0.2) is 27.5 Å². The van der Waals surface area contributed by atoms with Crippen molar-refractivity contribution in [3.8, 4) is 5.75 Å². The molecule has 1 rings (SSSR count). The maximum Gasteiger partial charge on any atom is 0.427 e. The van der Waals surface area contributed by atoms with Gasteiger partial charge in [0.1, 0.15) is 10.7 Å². The molecule has 1 aromatic rings. The van der Waals surface area contributed by atoms with Gasteiger partial charge >= 0.3 is 6.18 Å². The second kappa shape index (κ2) is 8.38. The van der Waals surface area contributed by atoms with E-state index in [2.05, 4.69) is 0 Å². The van der Waals surface area contributed by atoms with E-state index in [1.807, 2.05) is 6.92 Å². The van der Waals surface area contributed by atoms with Crippen LogP contribution >= 0.6 is 0 Å². The number of hydrogen-bond donors (Lipinski definition) is 0. The lowest BCUT2D eigenvalue weighted by atomic mass is 10.2. The number of unbranched alkanes of at least 4 members (excludes halogenated alkanes) is 3. The third-order valence-electron chi connectivity index (χ3n) is 3.29. The van der Waals surface area contributed by atoms with Crippen molar-refractivity contribution < 1.29 is 26.3 Å². The molecule has 0 saturated heterocycles. The smallest absolute Gasteiger partial charge is 0.427 e. The number of allylic oxidation sites excluding steroid dienone is 1. The first-order valence-corrected chi connectivity index (χ1v) is 9.01. The molecule has 0 heterocycles. The number of ether oxygens (including phenoxy) is 1. The number of sulfone groups is 1. The number of alkyl halides is 3. The zero-order valence-corrected chi connectivity index (χ0v) is 14.0. The van der Waals surface area contributed by atoms with Crippen LogP contribution in [0.4, 0.5) is 13.2 Å². The fraction of sp³-hybridized carbons (Fsp3) is 0.500. The van der Waals surface area contributed by atoms with Crippen LogP contribution in [-0.2, 0) is 9.84 Å². The van der Waals surface area contributed by atoms with Crippen LogP contribution in [0.2, 0.25) is 0 Å². The van der Waals surface area contributed by atoms with Gasteiger partial charge in [-0.25, -0.2) is 8.42 Å². The minimum absolute atomic E-state index is 0.162. The van der Waals surface area contributed by atoms with Crippen molar-refractivity contribution >= 4 is 15.9 Å². The van der Waals surface area contributed by atoms with Gasteiger partial charge in [-0.05, 0) is 30.2 Å². The molecule has 0 bridgehead atoms. The van der Waals surface area contributed by atoms with E-state index in [9.17, 15) is 21.6 Å². The molecule has 3 nitrogen and oxygen atoms in total. The largest absolute Gasteiger partial charge is 0.497 e. The second-order valence-electron chi connectivity index (χ2n) is 5.16. The third-order valence-corrected chi connectivity index (χ3v) is 5.14. The number of hydrogen-bond acceptors (Lipinski definition) is 3. The standard InChI is InChI=1S/C16H21F3O3S/c1-3-4-5-6-11-23(20,21)15(16(17,18)19)12-13-7-9-14(22-2)10-8-13/h7-10,12H,3-6,11H2,1-2H3/b15-12+. The highest BCUT2D eigenvalue weighted by atomic mass is 32.2. The summed E-state index contributed by atoms with van der Waals surface area (Å²) in [6.07, 6.45) is -1.72. The number of methoxy groups -OCH3 is 1. The molecular weight excluding hydrogens is 329 g/mol. The minimum Gasteiger partial charge on any atom is -0.497 e. The molecule has 23 heavy (non-hydrogen) atoms. The molecule has 0 aliphatic rings. The van der Waals surface area contributed by atoms with Crippen molar-refractivity contribution in [1.82, 2.24) is 0 Å². The lowest BCUT2D eigenvalue weighted by Gasteiger charge is -2.13. The molecule has 0 fully saturated rings. The monoisotopic (exact) mass is 350 g/mol. The maximum absolute atomic E-state index is 13.2. The SMILES string of the molecule is CCCCCCS(=O)(=O)/C(=C/c1ccc(OC)cc1)C(F)(F)F. The maximum atomic E-state index is 13.2. The zero-order chi connectivity index (χ0) is 17.5. The molecule has 0 aromatic heterocycles. The van der Waals surface area contributed by atoms with Crippen molar-refractivity contribution in [2.75, 3.05) is 12.9 Å². The highest BCUT2D eigenvalue weighted by Gasteiger charge is 2.42. The van der Waals surface area contributed by atoms with E-state index in [-0.39, 0.29) is 12.0 Å². The van der Waals surface area contributed by atoms with Gasteiger partial charge in [0.05, 0.1) is 12.9 Å². The predicted molar refractivity (Wildman–Crippen MR) is 85.0 cm³/mol. The molecule has 0 radical (unpaired) electrons. The Balaban J connectivity index is 3.05. The van der Waals surface area contributed by atoms with Crippen molar-refractivity contribution in [2.24, 2.45) is 0 Å². The highest BCUT2D eigenvalue weighted by Crippen LogP contribution is 2.33. The van der Waals surface area contributed by atoms with E-state index in [0.717, 1.165) is 12.8 Å². The summed E-state index contributed by atoms with van der Waals surface area (Å²) >= 11 is 0. The molecule has 0 unspecified atom stereocenters. The summed E-state index contributed by atoms with van der Waals surface area (Å²) in [5, 5.41) is 0. The van der Waals surface area contributed by atoms with Gasteiger partial charge in [0, 0.05) is 0 Å². The fourth-order valence-corrected chi connectivity index (χ4v) is 3.50. The summed E-state index contributed by atoms with van der Waals surface area (Å²) in [6, 6.07) is 5.73. The quantitative estimate of drug-likeness (QED) is 0.644. The predicted octanol–water partition coefficient (Wildman–Crippen LogP) is 4.59. The zero-order valence-electron chi connectivity index (χ0n) is 13.2. The van der Waals surface area contributed by atoms with Gasteiger partial charge in [0.2, 0.25) is 0 Å². The lowest BCUT2D eigenvalue weighted by molar-refractivity contribution is -0.0836. The Bertz CT molecular complexity index is 617. The van der Waals surface area contributed by atoms with E-state index in [0.29, 0.717) is 18.2 Å². The summed E-state index contributed by atoms with van der Waals surface area (Å²) in [5.41, 5.74) is 0.162. The molecular formula is C16H21F3O3S. The molecule has 0 amide bonds. The summed E-state index contributed by atoms with van der Waals surface area (Å²) in [5.74, 6) is -0.00719. The minimum atomic E-state index is -4.91. The molecule has 0 atom stereocenters. The van der Waals surface area contributed by atoms with Gasteiger partial charge in [-0.3, -0.25) is 0 Å². The highest BCUT2D eigenvalue weighted by molar-refractivity contribution is 7.95. The van der Waals surface area contributed by atoms with Gasteiger partial charge in [0.25, 0.3) is 0 Å². The van der Waals surface area contributed by atoms with Gasteiger partial charge in [-0.2, -0.15) is 13.2 Å². The van der Waals surface area contributed by atoms with Gasteiger partial charge in [-0.1, -0.05) is 38.3 Å². The van der Waals surface area contributed by atoms with E-state index in [1.54, 1.807) is 0 Å². The van der Waals surface area contributed by atoms with E-state index in [1.165, 1.54) is 31.4 Å². The average Bonchev–Trinajstić information content (AvgIpc) is 2.48. The number of benzene rings is 1. The molecule has 0 aliphatic heterocycles. The molecule has 1 aromatic carbocycles. The Hall–Kier alpha value is -1.50. The first-order valence-electron chi connectivity index (χ1n) is 7.36. The Morgan fingerprint density at radius 3 is 2.22 bits per heavy atom. The number of halogens is 3. The van der Waals surface area contributed by atoms with Crippen LogP contribution in [0.1, 0.15) is 38.2 Å². The van der Waals surface area contributed by atoms with Crippen LogP contribution < -0.4 is 4.74 Å². The van der Waals surface area contributed by atoms with Gasteiger partial charge in [-0.15, -0.1) is 0 Å². The van der Waals surface area contributed by atoms with E-state index < -0.39 is 26.7 Å². The van der Waals surface area contributed by atoms with Crippen LogP contribution in [0, 0.1) is 0 Å². The Kier molecular flexibility index (Phi) is 7.12. The van der Waals surface area contributed by atoms with E-state index in [4.69, 9.17) is 4.74 Å². The molecule has 7 heteroatoms. The summed E-state index contributed by atoms with van der Waals surface area (Å²) in [7, 11) is -2.93. The average molecular weight is 350 g/mol. The van der Waals surface area contributed by atoms with Crippen molar-refractivity contribution in [3.05, 3.63) is 34.7 Å². The molecule has 0 spiro atoms. The van der Waals surface area contributed by atoms with Crippen LogP contribution in [0.3, 0.4) is 0 Å². The second-order valence-corrected chi connectivity index (χ2v) is 7.24. The third kappa shape index (κ3) is 6.25. The fourth-order valence-electron chi connectivity index (χ4n) is 2.03. The summed E-state index contributed by atoms with van der Waals surface area (Å²) in [6.45, 7) is 1.94. The van der Waals surface area contributed by atoms with Crippen molar-refractivity contribution in [1.29, 1.82) is 0 Å². The first-order chi connectivity index (χ1) is 10.7. The summed E-state index contributed by atoms with van der Waals surface area (Å²) < 4.78 is 68.5. The Morgan fingerprint density at radius 2 is 1.74 bits per heavy atom. The molecule has 0 aliphatic carbocycles. The molecule has 0 saturated carbocycles. The van der Waals surface area contributed by atoms with Gasteiger partial charge in [0.15, 0.2) is 9.84 Å². The van der Waals surface area contributed by atoms with Crippen molar-refractivity contribution in [2.45, 2.75) is 38.8 Å². The first kappa shape index (κ1) is 19.5. The lowest BCUT2D eigenvalue weighted by Crippen LogP contribution is -2.22. The van der Waals surface area contributed by atoms with Crippen LogP contribution in [0.15, 0.2) is 29.2 Å². The topological polar surface area (TPSA) is 43.4 Å². The summed E-state index contributed by atoms with van der Waals surface area (Å²) in [4.78, 5) is -1.49. The molecule has 130 valence electrons. The Morgan fingerprint density at radius 1 is 1.13 bits per heavy atom. The van der Waals surface area contributed by atoms with Crippen LogP contribution in [0.25, 0.3) is 6.08 Å². The van der Waals surface area contributed by atoms with E-state index >= 15 is 0 Å². The molecule has 0 N–H and O–H groups in total. The van der Waals surface area contributed by atoms with Crippen LogP contribution in [0.5, 0.6) is 5.75 Å². The van der Waals surface area contributed by atoms with Crippen molar-refractivity contribution in [3.63, 3.8) is 0 Å². The Labute approximate surface area is 135 Å². The normalized spacial score (nSPS) is 13.2.